The van der Waals surface area contributed by atoms with E-state index in [4.69, 9.17) is 13.6 Å². The first-order valence-corrected chi connectivity index (χ1v) is 24.0. The molecule has 0 aromatic heterocycles. The fourth-order valence-corrected chi connectivity index (χ4v) is 12.2. The van der Waals surface area contributed by atoms with Crippen LogP contribution in [0.2, 0.25) is 36.3 Å². The quantitative estimate of drug-likeness (QED) is 0.200. The Bertz CT molecular complexity index is 1050. The summed E-state index contributed by atoms with van der Waals surface area (Å²) in [5.74, 6) is 2.74. The zero-order valence-electron chi connectivity index (χ0n) is 31.7. The normalized spacial score (nSPS) is 37.6. The second-order valence-corrected chi connectivity index (χ2v) is 29.3. The van der Waals surface area contributed by atoms with Crippen molar-refractivity contribution < 1.29 is 18.7 Å². The van der Waals surface area contributed by atoms with Crippen LogP contribution in [-0.2, 0) is 13.6 Å². The third-order valence-electron chi connectivity index (χ3n) is 14.4. The second-order valence-electron chi connectivity index (χ2n) is 19.8. The van der Waals surface area contributed by atoms with Gasteiger partial charge in [0.1, 0.15) is 0 Å². The Morgan fingerprint density at radius 2 is 1.48 bits per heavy atom. The number of aliphatic hydroxyl groups is 1. The van der Waals surface area contributed by atoms with Crippen molar-refractivity contribution in [1.29, 1.82) is 0 Å². The van der Waals surface area contributed by atoms with E-state index < -0.39 is 22.2 Å². The summed E-state index contributed by atoms with van der Waals surface area (Å²) in [5.41, 5.74) is 1.40. The van der Waals surface area contributed by atoms with Gasteiger partial charge in [0.25, 0.3) is 0 Å². The van der Waals surface area contributed by atoms with Gasteiger partial charge in [0.15, 0.2) is 16.6 Å². The minimum atomic E-state index is -2.00. The molecule has 3 fully saturated rings. The summed E-state index contributed by atoms with van der Waals surface area (Å²) in [6.07, 6.45) is 12.6. The molecule has 0 bridgehead atoms. The molecule has 4 rings (SSSR count). The first kappa shape index (κ1) is 36.8. The third-order valence-corrected chi connectivity index (χ3v) is 23.4. The van der Waals surface area contributed by atoms with Gasteiger partial charge in [-0.15, -0.1) is 0 Å². The van der Waals surface area contributed by atoms with E-state index in [1.165, 1.54) is 32.1 Å². The van der Waals surface area contributed by atoms with Crippen molar-refractivity contribution >= 4 is 16.6 Å². The van der Waals surface area contributed by atoms with Gasteiger partial charge < -0.3 is 18.7 Å². The van der Waals surface area contributed by atoms with Crippen molar-refractivity contribution in [3.8, 4) is 0 Å². The lowest BCUT2D eigenvalue weighted by Gasteiger charge is -2.62. The largest absolute Gasteiger partial charge is 0.414 e. The van der Waals surface area contributed by atoms with E-state index in [0.717, 1.165) is 24.7 Å². The highest BCUT2D eigenvalue weighted by Crippen LogP contribution is 2.67. The highest BCUT2D eigenvalue weighted by atomic mass is 28.4. The Hall–Kier alpha value is 0.0138. The molecule has 1 unspecified atom stereocenters. The monoisotopic (exact) mass is 648 g/mol. The Labute approximate surface area is 275 Å². The molecule has 0 aliphatic heterocycles. The van der Waals surface area contributed by atoms with Gasteiger partial charge in [0.2, 0.25) is 0 Å². The van der Waals surface area contributed by atoms with E-state index in [1.807, 2.05) is 13.8 Å². The van der Waals surface area contributed by atoms with Gasteiger partial charge in [-0.25, -0.2) is 0 Å². The van der Waals surface area contributed by atoms with Gasteiger partial charge >= 0.3 is 0 Å². The number of fused-ring (bicyclic) bond motifs is 5. The maximum atomic E-state index is 10.2. The zero-order valence-corrected chi connectivity index (χ0v) is 33.7. The van der Waals surface area contributed by atoms with Crippen LogP contribution in [0.15, 0.2) is 11.6 Å². The fraction of sp³-hybridized carbons (Fsp3) is 0.947. The maximum Gasteiger partial charge on any atom is 0.192 e. The predicted octanol–water partition coefficient (Wildman–Crippen LogP) is 10.5. The molecule has 256 valence electrons. The Morgan fingerprint density at radius 1 is 0.886 bits per heavy atom. The van der Waals surface area contributed by atoms with Crippen LogP contribution in [0, 0.1) is 34.5 Å². The number of hydrogen-bond donors (Lipinski definition) is 1. The van der Waals surface area contributed by atoms with Gasteiger partial charge in [-0.2, -0.15) is 0 Å². The Balaban J connectivity index is 1.62. The molecule has 4 aliphatic rings. The summed E-state index contributed by atoms with van der Waals surface area (Å²) >= 11 is 0. The average Bonchev–Trinajstić information content (AvgIpc) is 3.19. The molecule has 0 heterocycles. The van der Waals surface area contributed by atoms with Gasteiger partial charge in [0.05, 0.1) is 23.9 Å². The fourth-order valence-electron chi connectivity index (χ4n) is 9.47. The van der Waals surface area contributed by atoms with Crippen molar-refractivity contribution in [2.45, 2.75) is 188 Å². The topological polar surface area (TPSA) is 47.9 Å². The van der Waals surface area contributed by atoms with E-state index >= 15 is 0 Å². The minimum absolute atomic E-state index is 0.0833. The molecule has 4 nitrogen and oxygen atoms in total. The SMILES string of the molecule is CC(OCCC(C)(C)O)[C@H]1CC[C@H]2[C@@H]3CC=C4C[C@@H](O[Si](C)(C)C(C)(C)C)C[C@H](O[Si](C)(C)C(C)(C)C)[C@]4(C)[C@H]3CC[C@]12C. The van der Waals surface area contributed by atoms with Gasteiger partial charge in [0, 0.05) is 12.0 Å². The van der Waals surface area contributed by atoms with Crippen LogP contribution in [0.5, 0.6) is 0 Å². The lowest BCUT2D eigenvalue weighted by molar-refractivity contribution is -0.112. The van der Waals surface area contributed by atoms with Crippen molar-refractivity contribution in [2.75, 3.05) is 6.61 Å². The Kier molecular flexibility index (Phi) is 10.2. The number of hydrogen-bond acceptors (Lipinski definition) is 4. The molecular weight excluding hydrogens is 577 g/mol. The summed E-state index contributed by atoms with van der Waals surface area (Å²) < 4.78 is 21.2. The molecule has 1 N–H and O–H groups in total. The van der Waals surface area contributed by atoms with Gasteiger partial charge in [-0.05, 0) is 137 Å². The highest BCUT2D eigenvalue weighted by molar-refractivity contribution is 6.74. The van der Waals surface area contributed by atoms with Crippen LogP contribution in [-0.4, -0.2) is 52.3 Å². The summed E-state index contributed by atoms with van der Waals surface area (Å²) in [6.45, 7) is 36.0. The first-order valence-electron chi connectivity index (χ1n) is 18.2. The lowest BCUT2D eigenvalue weighted by Crippen LogP contribution is -2.60. The molecule has 0 aromatic carbocycles. The number of allylic oxidation sites excluding steroid dienone is 1. The lowest BCUT2D eigenvalue weighted by atomic mass is 9.46. The molecule has 3 saturated carbocycles. The predicted molar refractivity (Wildman–Crippen MR) is 191 cm³/mol. The number of ether oxygens (including phenoxy) is 1. The summed E-state index contributed by atoms with van der Waals surface area (Å²) in [5, 5.41) is 10.6. The van der Waals surface area contributed by atoms with Crippen molar-refractivity contribution in [2.24, 2.45) is 34.5 Å². The van der Waals surface area contributed by atoms with Crippen molar-refractivity contribution in [1.82, 2.24) is 0 Å². The summed E-state index contributed by atoms with van der Waals surface area (Å²) in [6, 6.07) is 0. The molecular formula is C38H72O4Si2. The second kappa shape index (κ2) is 12.2. The van der Waals surface area contributed by atoms with Crippen LogP contribution in [0.25, 0.3) is 0 Å². The first-order chi connectivity index (χ1) is 19.8. The van der Waals surface area contributed by atoms with Crippen LogP contribution in [0.3, 0.4) is 0 Å². The Morgan fingerprint density at radius 3 is 2.05 bits per heavy atom. The van der Waals surface area contributed by atoms with Gasteiger partial charge in [-0.1, -0.05) is 67.0 Å². The molecule has 0 spiro atoms. The molecule has 4 aliphatic carbocycles. The highest BCUT2D eigenvalue weighted by Gasteiger charge is 2.62. The standard InChI is InChI=1S/C38H72O4Si2/c1-26(40-23-22-36(8,9)39)30-18-19-31-29-17-16-27-24-28(41-43(12,13)34(2,3)4)25-33(42-44(14,15)35(5,6)7)38(27,11)32(29)20-21-37(30,31)10/h16,26,28-33,39H,17-25H2,1-15H3/t26?,28-,29+,30-,31+,32+,33+,37-,38+/m1/s1. The third kappa shape index (κ3) is 6.93. The van der Waals surface area contributed by atoms with Crippen molar-refractivity contribution in [3.05, 3.63) is 11.6 Å². The van der Waals surface area contributed by atoms with Crippen LogP contribution >= 0.6 is 0 Å². The molecule has 0 saturated heterocycles. The van der Waals surface area contributed by atoms with Crippen LogP contribution in [0.4, 0.5) is 0 Å². The molecule has 0 radical (unpaired) electrons. The summed E-state index contributed by atoms with van der Waals surface area (Å²) in [7, 11) is -3.89. The van der Waals surface area contributed by atoms with E-state index in [1.54, 1.807) is 5.57 Å². The van der Waals surface area contributed by atoms with E-state index in [2.05, 4.69) is 94.6 Å². The summed E-state index contributed by atoms with van der Waals surface area (Å²) in [4.78, 5) is 0. The molecule has 0 aromatic rings. The molecule has 0 amide bonds. The van der Waals surface area contributed by atoms with Crippen molar-refractivity contribution in [3.63, 3.8) is 0 Å². The van der Waals surface area contributed by atoms with Gasteiger partial charge in [-0.3, -0.25) is 0 Å². The molecule has 6 heteroatoms. The van der Waals surface area contributed by atoms with E-state index in [-0.39, 0.29) is 33.8 Å². The average molecular weight is 649 g/mol. The minimum Gasteiger partial charge on any atom is -0.414 e. The van der Waals surface area contributed by atoms with Crippen LogP contribution < -0.4 is 0 Å². The molecule has 44 heavy (non-hydrogen) atoms. The maximum absolute atomic E-state index is 10.2. The van der Waals surface area contributed by atoms with Crippen LogP contribution in [0.1, 0.15) is 128 Å². The molecule has 9 atom stereocenters. The number of rotatable bonds is 9. The van der Waals surface area contributed by atoms with E-state index in [9.17, 15) is 5.11 Å². The van der Waals surface area contributed by atoms with E-state index in [0.29, 0.717) is 30.3 Å². The smallest absolute Gasteiger partial charge is 0.192 e. The zero-order chi connectivity index (χ0) is 33.3.